The van der Waals surface area contributed by atoms with Crippen LogP contribution >= 0.6 is 0 Å². The third-order valence-corrected chi connectivity index (χ3v) is 4.79. The van der Waals surface area contributed by atoms with E-state index in [1.807, 2.05) is 31.2 Å². The van der Waals surface area contributed by atoms with Crippen molar-refractivity contribution in [3.8, 4) is 0 Å². The van der Waals surface area contributed by atoms with Gasteiger partial charge in [0.25, 0.3) is 11.5 Å². The molecule has 0 saturated heterocycles. The van der Waals surface area contributed by atoms with E-state index in [9.17, 15) is 9.59 Å². The minimum Gasteiger partial charge on any atom is -0.341 e. The number of hydrogen-bond acceptors (Lipinski definition) is 6. The predicted octanol–water partition coefficient (Wildman–Crippen LogP) is 2.88. The first-order chi connectivity index (χ1) is 14.6. The molecule has 0 saturated carbocycles. The van der Waals surface area contributed by atoms with Gasteiger partial charge in [0.2, 0.25) is 5.89 Å². The van der Waals surface area contributed by atoms with Gasteiger partial charge in [-0.3, -0.25) is 14.2 Å². The summed E-state index contributed by atoms with van der Waals surface area (Å²) in [5, 5.41) is 7.36. The summed E-state index contributed by atoms with van der Waals surface area (Å²) in [6, 6.07) is 15.7. The average Bonchev–Trinajstić information content (AvgIpc) is 3.25. The van der Waals surface area contributed by atoms with Gasteiger partial charge in [0.05, 0.1) is 17.4 Å². The van der Waals surface area contributed by atoms with Crippen LogP contribution in [0.15, 0.2) is 63.9 Å². The van der Waals surface area contributed by atoms with Crippen molar-refractivity contribution in [2.75, 3.05) is 0 Å². The first kappa shape index (κ1) is 19.5. The second-order valence-corrected chi connectivity index (χ2v) is 6.90. The molecular weight excluding hydrogens is 382 g/mol. The molecule has 0 spiro atoms. The molecule has 152 valence electrons. The van der Waals surface area contributed by atoms with E-state index in [1.54, 1.807) is 41.8 Å². The van der Waals surface area contributed by atoms with Gasteiger partial charge in [0.15, 0.2) is 5.82 Å². The van der Waals surface area contributed by atoms with Crippen LogP contribution in [-0.2, 0) is 13.0 Å². The topological polar surface area (TPSA) is 103 Å². The second kappa shape index (κ2) is 8.28. The van der Waals surface area contributed by atoms with E-state index in [1.165, 1.54) is 0 Å². The molecule has 8 nitrogen and oxygen atoms in total. The van der Waals surface area contributed by atoms with Crippen LogP contribution in [0.25, 0.3) is 10.9 Å². The standard InChI is InChI=1S/C22H21N5O3/c1-3-19-24-17-12-8-7-11-16(17)22(29)27(19)13-18-25-21(30-26-18)14(2)23-20(28)15-9-5-4-6-10-15/h4-12,14H,3,13H2,1-2H3,(H,23,28)/t14-/m1/s1. The van der Waals surface area contributed by atoms with Crippen molar-refractivity contribution in [1.82, 2.24) is 25.0 Å². The molecule has 0 aliphatic heterocycles. The molecule has 2 aromatic carbocycles. The van der Waals surface area contributed by atoms with Gasteiger partial charge >= 0.3 is 0 Å². The summed E-state index contributed by atoms with van der Waals surface area (Å²) in [4.78, 5) is 34.2. The molecule has 0 aliphatic carbocycles. The Balaban J connectivity index is 1.56. The van der Waals surface area contributed by atoms with Crippen molar-refractivity contribution in [2.24, 2.45) is 0 Å². The van der Waals surface area contributed by atoms with Gasteiger partial charge in [-0.25, -0.2) is 4.98 Å². The molecule has 0 bridgehead atoms. The van der Waals surface area contributed by atoms with Gasteiger partial charge < -0.3 is 9.84 Å². The lowest BCUT2D eigenvalue weighted by Crippen LogP contribution is -2.27. The van der Waals surface area contributed by atoms with Gasteiger partial charge in [-0.05, 0) is 31.2 Å². The quantitative estimate of drug-likeness (QED) is 0.531. The number of benzene rings is 2. The fourth-order valence-corrected chi connectivity index (χ4v) is 3.23. The van der Waals surface area contributed by atoms with Gasteiger partial charge in [0, 0.05) is 12.0 Å². The molecule has 0 radical (unpaired) electrons. The molecular formula is C22H21N5O3. The summed E-state index contributed by atoms with van der Waals surface area (Å²) in [7, 11) is 0. The molecule has 1 atom stereocenters. The van der Waals surface area contributed by atoms with E-state index in [0.29, 0.717) is 34.5 Å². The molecule has 4 rings (SSSR count). The van der Waals surface area contributed by atoms with Crippen LogP contribution in [0, 0.1) is 0 Å². The molecule has 4 aromatic rings. The number of hydrogen-bond donors (Lipinski definition) is 1. The number of carbonyl (C=O) groups excluding carboxylic acids is 1. The van der Waals surface area contributed by atoms with E-state index < -0.39 is 6.04 Å². The number of nitrogens with one attached hydrogen (secondary N) is 1. The zero-order chi connectivity index (χ0) is 21.1. The van der Waals surface area contributed by atoms with Crippen LogP contribution in [0.3, 0.4) is 0 Å². The van der Waals surface area contributed by atoms with Crippen LogP contribution < -0.4 is 10.9 Å². The Hall–Kier alpha value is -3.81. The van der Waals surface area contributed by atoms with Gasteiger partial charge in [-0.15, -0.1) is 0 Å². The molecule has 0 aliphatic rings. The number of aromatic nitrogens is 4. The molecule has 1 amide bonds. The van der Waals surface area contributed by atoms with Crippen LogP contribution in [-0.4, -0.2) is 25.6 Å². The number of rotatable bonds is 6. The van der Waals surface area contributed by atoms with Crippen LogP contribution in [0.4, 0.5) is 0 Å². The van der Waals surface area contributed by atoms with E-state index >= 15 is 0 Å². The van der Waals surface area contributed by atoms with Crippen molar-refractivity contribution >= 4 is 16.8 Å². The largest absolute Gasteiger partial charge is 0.341 e. The van der Waals surface area contributed by atoms with E-state index in [0.717, 1.165) is 0 Å². The molecule has 8 heteroatoms. The molecule has 2 aromatic heterocycles. The molecule has 0 unspecified atom stereocenters. The highest BCUT2D eigenvalue weighted by Crippen LogP contribution is 2.13. The number of carbonyl (C=O) groups is 1. The molecule has 1 N–H and O–H groups in total. The Morgan fingerprint density at radius 2 is 1.83 bits per heavy atom. The zero-order valence-corrected chi connectivity index (χ0v) is 16.7. The highest BCUT2D eigenvalue weighted by Gasteiger charge is 2.19. The van der Waals surface area contributed by atoms with Crippen molar-refractivity contribution in [3.63, 3.8) is 0 Å². The Kier molecular flexibility index (Phi) is 5.38. The Bertz CT molecular complexity index is 1250. The summed E-state index contributed by atoms with van der Waals surface area (Å²) in [5.41, 5.74) is 1.07. The van der Waals surface area contributed by atoms with Gasteiger partial charge in [0.1, 0.15) is 11.9 Å². The van der Waals surface area contributed by atoms with E-state index in [4.69, 9.17) is 4.52 Å². The zero-order valence-electron chi connectivity index (χ0n) is 16.7. The fourth-order valence-electron chi connectivity index (χ4n) is 3.23. The highest BCUT2D eigenvalue weighted by molar-refractivity contribution is 5.94. The summed E-state index contributed by atoms with van der Waals surface area (Å²) >= 11 is 0. The highest BCUT2D eigenvalue weighted by atomic mass is 16.5. The summed E-state index contributed by atoms with van der Waals surface area (Å²) in [6.07, 6.45) is 0.592. The van der Waals surface area contributed by atoms with Gasteiger partial charge in [-0.2, -0.15) is 4.98 Å². The first-order valence-corrected chi connectivity index (χ1v) is 9.73. The Morgan fingerprint density at radius 1 is 1.10 bits per heavy atom. The monoisotopic (exact) mass is 403 g/mol. The van der Waals surface area contributed by atoms with Crippen LogP contribution in [0.2, 0.25) is 0 Å². The van der Waals surface area contributed by atoms with Crippen molar-refractivity contribution in [3.05, 3.63) is 88.1 Å². The van der Waals surface area contributed by atoms with Crippen LogP contribution in [0.1, 0.15) is 47.8 Å². The van der Waals surface area contributed by atoms with Crippen molar-refractivity contribution < 1.29 is 9.32 Å². The Labute approximate surface area is 172 Å². The molecule has 0 fully saturated rings. The van der Waals surface area contributed by atoms with Crippen molar-refractivity contribution in [1.29, 1.82) is 0 Å². The summed E-state index contributed by atoms with van der Waals surface area (Å²) in [5.74, 6) is 1.04. The maximum atomic E-state index is 12.9. The molecule has 2 heterocycles. The van der Waals surface area contributed by atoms with Crippen molar-refractivity contribution in [2.45, 2.75) is 32.9 Å². The average molecular weight is 403 g/mol. The number of aryl methyl sites for hydroxylation is 1. The third kappa shape index (κ3) is 3.84. The third-order valence-electron chi connectivity index (χ3n) is 4.79. The van der Waals surface area contributed by atoms with Crippen LogP contribution in [0.5, 0.6) is 0 Å². The predicted molar refractivity (Wildman–Crippen MR) is 111 cm³/mol. The normalized spacial score (nSPS) is 12.1. The molecule has 30 heavy (non-hydrogen) atoms. The van der Waals surface area contributed by atoms with Gasteiger partial charge in [-0.1, -0.05) is 42.4 Å². The fraction of sp³-hybridized carbons (Fsp3) is 0.227. The minimum atomic E-state index is -0.476. The SMILES string of the molecule is CCc1nc2ccccc2c(=O)n1Cc1noc([C@@H](C)NC(=O)c2ccccc2)n1. The summed E-state index contributed by atoms with van der Waals surface area (Å²) < 4.78 is 6.88. The lowest BCUT2D eigenvalue weighted by Gasteiger charge is -2.10. The number of para-hydroxylation sites is 1. The number of nitrogens with zero attached hydrogens (tertiary/aromatic N) is 4. The maximum absolute atomic E-state index is 12.9. The second-order valence-electron chi connectivity index (χ2n) is 6.90. The first-order valence-electron chi connectivity index (χ1n) is 9.73. The number of fused-ring (bicyclic) bond motifs is 1. The lowest BCUT2D eigenvalue weighted by atomic mass is 10.2. The van der Waals surface area contributed by atoms with E-state index in [2.05, 4.69) is 20.4 Å². The lowest BCUT2D eigenvalue weighted by molar-refractivity contribution is 0.0932. The smallest absolute Gasteiger partial charge is 0.261 e. The van der Waals surface area contributed by atoms with E-state index in [-0.39, 0.29) is 23.9 Å². The maximum Gasteiger partial charge on any atom is 0.261 e. The number of amides is 1. The summed E-state index contributed by atoms with van der Waals surface area (Å²) in [6.45, 7) is 3.85. The Morgan fingerprint density at radius 3 is 2.60 bits per heavy atom. The minimum absolute atomic E-state index is 0.142.